The van der Waals surface area contributed by atoms with E-state index >= 15 is 0 Å². The standard InChI is InChI=1S/C17H20N2O/c1-12-3-4-14(10-18-12)13-5-8-17(20-2)15(9-13)11-19-16-6-7-16/h3-5,8-10,16,19H,6-7,11H2,1-2H3. The minimum Gasteiger partial charge on any atom is -0.496 e. The van der Waals surface area contributed by atoms with Crippen LogP contribution in [0.2, 0.25) is 0 Å². The number of aromatic nitrogens is 1. The van der Waals surface area contributed by atoms with E-state index < -0.39 is 0 Å². The summed E-state index contributed by atoms with van der Waals surface area (Å²) < 4.78 is 5.45. The fourth-order valence-corrected chi connectivity index (χ4v) is 2.28. The summed E-state index contributed by atoms with van der Waals surface area (Å²) in [5.41, 5.74) is 4.58. The van der Waals surface area contributed by atoms with Gasteiger partial charge in [0.2, 0.25) is 0 Å². The summed E-state index contributed by atoms with van der Waals surface area (Å²) in [4.78, 5) is 4.37. The second-order valence-electron chi connectivity index (χ2n) is 5.37. The molecule has 1 heterocycles. The van der Waals surface area contributed by atoms with Crippen molar-refractivity contribution < 1.29 is 4.74 Å². The molecule has 0 spiro atoms. The lowest BCUT2D eigenvalue weighted by Crippen LogP contribution is -2.15. The number of rotatable bonds is 5. The molecular formula is C17H20N2O. The molecule has 0 atom stereocenters. The first-order valence-electron chi connectivity index (χ1n) is 7.09. The highest BCUT2D eigenvalue weighted by Gasteiger charge is 2.20. The van der Waals surface area contributed by atoms with E-state index in [1.807, 2.05) is 25.3 Å². The van der Waals surface area contributed by atoms with Gasteiger partial charge in [0.25, 0.3) is 0 Å². The van der Waals surface area contributed by atoms with Gasteiger partial charge in [-0.3, -0.25) is 4.98 Å². The number of nitrogens with one attached hydrogen (secondary N) is 1. The molecule has 1 aliphatic carbocycles. The average Bonchev–Trinajstić information content (AvgIpc) is 3.30. The Labute approximate surface area is 120 Å². The first-order chi connectivity index (χ1) is 9.76. The van der Waals surface area contributed by atoms with Crippen LogP contribution >= 0.6 is 0 Å². The third-order valence-electron chi connectivity index (χ3n) is 3.68. The lowest BCUT2D eigenvalue weighted by Gasteiger charge is -2.12. The molecule has 0 amide bonds. The smallest absolute Gasteiger partial charge is 0.123 e. The van der Waals surface area contributed by atoms with E-state index in [0.29, 0.717) is 6.04 Å². The molecule has 0 unspecified atom stereocenters. The third kappa shape index (κ3) is 2.99. The predicted molar refractivity (Wildman–Crippen MR) is 80.8 cm³/mol. The largest absolute Gasteiger partial charge is 0.496 e. The van der Waals surface area contributed by atoms with E-state index in [4.69, 9.17) is 4.74 Å². The normalized spacial score (nSPS) is 14.3. The van der Waals surface area contributed by atoms with Crippen LogP contribution in [-0.2, 0) is 6.54 Å². The molecule has 3 rings (SSSR count). The molecule has 20 heavy (non-hydrogen) atoms. The highest BCUT2D eigenvalue weighted by Crippen LogP contribution is 2.27. The van der Waals surface area contributed by atoms with Crippen molar-refractivity contribution in [2.75, 3.05) is 7.11 Å². The Morgan fingerprint density at radius 3 is 2.65 bits per heavy atom. The zero-order valence-electron chi connectivity index (χ0n) is 12.0. The minimum atomic E-state index is 0.699. The average molecular weight is 268 g/mol. The summed E-state index contributed by atoms with van der Waals surface area (Å²) in [7, 11) is 1.73. The molecular weight excluding hydrogens is 248 g/mol. The second kappa shape index (κ2) is 5.63. The predicted octanol–water partition coefficient (Wildman–Crippen LogP) is 3.32. The fraction of sp³-hybridized carbons (Fsp3) is 0.353. The van der Waals surface area contributed by atoms with Crippen molar-refractivity contribution in [2.45, 2.75) is 32.4 Å². The molecule has 104 valence electrons. The van der Waals surface area contributed by atoms with E-state index in [0.717, 1.165) is 23.6 Å². The van der Waals surface area contributed by atoms with Crippen LogP contribution < -0.4 is 10.1 Å². The van der Waals surface area contributed by atoms with Crippen molar-refractivity contribution in [2.24, 2.45) is 0 Å². The first kappa shape index (κ1) is 13.1. The second-order valence-corrected chi connectivity index (χ2v) is 5.37. The quantitative estimate of drug-likeness (QED) is 0.903. The molecule has 0 saturated heterocycles. The van der Waals surface area contributed by atoms with Crippen LogP contribution in [0.4, 0.5) is 0 Å². The van der Waals surface area contributed by atoms with E-state index in [2.05, 4.69) is 28.5 Å². The molecule has 1 aromatic heterocycles. The van der Waals surface area contributed by atoms with Crippen molar-refractivity contribution in [1.82, 2.24) is 10.3 Å². The van der Waals surface area contributed by atoms with Gasteiger partial charge in [0.15, 0.2) is 0 Å². The summed E-state index contributed by atoms with van der Waals surface area (Å²) in [6.45, 7) is 2.86. The monoisotopic (exact) mass is 268 g/mol. The Bertz CT molecular complexity index is 588. The minimum absolute atomic E-state index is 0.699. The fourth-order valence-electron chi connectivity index (χ4n) is 2.28. The maximum Gasteiger partial charge on any atom is 0.123 e. The number of benzene rings is 1. The third-order valence-corrected chi connectivity index (χ3v) is 3.68. The van der Waals surface area contributed by atoms with E-state index in [1.54, 1.807) is 7.11 Å². The van der Waals surface area contributed by atoms with Gasteiger partial charge in [-0.15, -0.1) is 0 Å². The number of aryl methyl sites for hydroxylation is 1. The molecule has 0 bridgehead atoms. The number of hydrogen-bond acceptors (Lipinski definition) is 3. The zero-order valence-corrected chi connectivity index (χ0v) is 12.0. The number of methoxy groups -OCH3 is 1. The van der Waals surface area contributed by atoms with Crippen LogP contribution in [0, 0.1) is 6.92 Å². The lowest BCUT2D eigenvalue weighted by molar-refractivity contribution is 0.407. The summed E-state index contributed by atoms with van der Waals surface area (Å²) >= 11 is 0. The number of pyridine rings is 1. The maximum atomic E-state index is 5.45. The SMILES string of the molecule is COc1ccc(-c2ccc(C)nc2)cc1CNC1CC1. The summed E-state index contributed by atoms with van der Waals surface area (Å²) in [6.07, 6.45) is 4.52. The highest BCUT2D eigenvalue weighted by molar-refractivity contribution is 5.65. The van der Waals surface area contributed by atoms with Gasteiger partial charge in [0.1, 0.15) is 5.75 Å². The van der Waals surface area contributed by atoms with Gasteiger partial charge >= 0.3 is 0 Å². The van der Waals surface area contributed by atoms with Gasteiger partial charge in [-0.05, 0) is 43.5 Å². The summed E-state index contributed by atoms with van der Waals surface area (Å²) in [6, 6.07) is 11.2. The number of nitrogens with zero attached hydrogens (tertiary/aromatic N) is 1. The first-order valence-corrected chi connectivity index (χ1v) is 7.09. The zero-order chi connectivity index (χ0) is 13.9. The summed E-state index contributed by atoms with van der Waals surface area (Å²) in [5, 5.41) is 3.54. The number of hydrogen-bond donors (Lipinski definition) is 1. The van der Waals surface area contributed by atoms with Crippen molar-refractivity contribution in [3.8, 4) is 16.9 Å². The van der Waals surface area contributed by atoms with E-state index in [-0.39, 0.29) is 0 Å². The van der Waals surface area contributed by atoms with Crippen molar-refractivity contribution in [3.63, 3.8) is 0 Å². The Morgan fingerprint density at radius 1 is 1.20 bits per heavy atom. The van der Waals surface area contributed by atoms with E-state index in [9.17, 15) is 0 Å². The molecule has 0 radical (unpaired) electrons. The van der Waals surface area contributed by atoms with Gasteiger partial charge < -0.3 is 10.1 Å². The van der Waals surface area contributed by atoms with Gasteiger partial charge in [0, 0.05) is 35.6 Å². The van der Waals surface area contributed by atoms with Crippen LogP contribution in [0.1, 0.15) is 24.1 Å². The van der Waals surface area contributed by atoms with Gasteiger partial charge in [-0.25, -0.2) is 0 Å². The Kier molecular flexibility index (Phi) is 3.70. The van der Waals surface area contributed by atoms with Crippen LogP contribution in [0.25, 0.3) is 11.1 Å². The van der Waals surface area contributed by atoms with Crippen molar-refractivity contribution in [1.29, 1.82) is 0 Å². The Hall–Kier alpha value is -1.87. The van der Waals surface area contributed by atoms with Crippen molar-refractivity contribution >= 4 is 0 Å². The lowest BCUT2D eigenvalue weighted by atomic mass is 10.0. The number of ether oxygens (including phenoxy) is 1. The molecule has 1 N–H and O–H groups in total. The van der Waals surface area contributed by atoms with Crippen LogP contribution in [0.15, 0.2) is 36.5 Å². The van der Waals surface area contributed by atoms with Gasteiger partial charge in [-0.2, -0.15) is 0 Å². The molecule has 1 saturated carbocycles. The molecule has 3 nitrogen and oxygen atoms in total. The Balaban J connectivity index is 1.87. The van der Waals surface area contributed by atoms with Gasteiger partial charge in [0.05, 0.1) is 7.11 Å². The molecule has 0 aliphatic heterocycles. The van der Waals surface area contributed by atoms with Crippen LogP contribution in [-0.4, -0.2) is 18.1 Å². The van der Waals surface area contributed by atoms with Gasteiger partial charge in [-0.1, -0.05) is 12.1 Å². The summed E-state index contributed by atoms with van der Waals surface area (Å²) in [5.74, 6) is 0.946. The molecule has 3 heteroatoms. The van der Waals surface area contributed by atoms with Crippen LogP contribution in [0.5, 0.6) is 5.75 Å². The topological polar surface area (TPSA) is 34.1 Å². The maximum absolute atomic E-state index is 5.45. The molecule has 1 fully saturated rings. The van der Waals surface area contributed by atoms with Crippen LogP contribution in [0.3, 0.4) is 0 Å². The highest BCUT2D eigenvalue weighted by atomic mass is 16.5. The molecule has 1 aromatic carbocycles. The van der Waals surface area contributed by atoms with Crippen molar-refractivity contribution in [3.05, 3.63) is 47.8 Å². The Morgan fingerprint density at radius 2 is 2.00 bits per heavy atom. The van der Waals surface area contributed by atoms with E-state index in [1.165, 1.54) is 24.0 Å². The molecule has 1 aliphatic rings. The molecule has 2 aromatic rings.